The van der Waals surface area contributed by atoms with Crippen molar-refractivity contribution in [1.29, 1.82) is 0 Å². The zero-order chi connectivity index (χ0) is 12.1. The van der Waals surface area contributed by atoms with Crippen molar-refractivity contribution in [2.24, 2.45) is 0 Å². The number of hydrogen-bond acceptors (Lipinski definition) is 4. The summed E-state index contributed by atoms with van der Waals surface area (Å²) in [6.07, 6.45) is 2.78. The number of hydrogen-bond donors (Lipinski definition) is 1. The van der Waals surface area contributed by atoms with Gasteiger partial charge in [0.1, 0.15) is 4.88 Å². The highest BCUT2D eigenvalue weighted by Gasteiger charge is 2.10. The van der Waals surface area contributed by atoms with Gasteiger partial charge in [0, 0.05) is 11.6 Å². The number of rotatable bonds is 4. The van der Waals surface area contributed by atoms with Crippen LogP contribution in [0.25, 0.3) is 6.08 Å². The Morgan fingerprint density at radius 2 is 2.31 bits per heavy atom. The van der Waals surface area contributed by atoms with Gasteiger partial charge < -0.3 is 9.84 Å². The third kappa shape index (κ3) is 3.46. The van der Waals surface area contributed by atoms with Crippen LogP contribution in [0, 0.1) is 0 Å². The van der Waals surface area contributed by atoms with Crippen molar-refractivity contribution in [3.63, 3.8) is 0 Å². The average molecular weight is 305 g/mol. The molecule has 0 saturated heterocycles. The van der Waals surface area contributed by atoms with Crippen molar-refractivity contribution >= 4 is 45.3 Å². The summed E-state index contributed by atoms with van der Waals surface area (Å²) in [6, 6.07) is 1.49. The van der Waals surface area contributed by atoms with E-state index in [0.717, 1.165) is 11.3 Å². The highest BCUT2D eigenvalue weighted by Crippen LogP contribution is 2.29. The Balaban J connectivity index is 2.81. The molecule has 0 unspecified atom stereocenters. The molecule has 0 bridgehead atoms. The molecule has 1 rings (SSSR count). The van der Waals surface area contributed by atoms with E-state index in [1.54, 1.807) is 6.92 Å². The van der Waals surface area contributed by atoms with Gasteiger partial charge in [-0.05, 0) is 35.0 Å². The third-order valence-electron chi connectivity index (χ3n) is 1.61. The fourth-order valence-electron chi connectivity index (χ4n) is 0.950. The number of carboxylic acids is 1. The molecule has 6 heteroatoms. The lowest BCUT2D eigenvalue weighted by atomic mass is 10.3. The van der Waals surface area contributed by atoms with Crippen LogP contribution in [-0.2, 0) is 9.53 Å². The van der Waals surface area contributed by atoms with E-state index >= 15 is 0 Å². The van der Waals surface area contributed by atoms with Crippen LogP contribution in [0.15, 0.2) is 15.9 Å². The van der Waals surface area contributed by atoms with E-state index < -0.39 is 11.9 Å². The van der Waals surface area contributed by atoms with E-state index in [1.165, 1.54) is 18.2 Å². The summed E-state index contributed by atoms with van der Waals surface area (Å²) in [5.74, 6) is -1.43. The summed E-state index contributed by atoms with van der Waals surface area (Å²) in [6.45, 7) is 2.03. The maximum Gasteiger partial charge on any atom is 0.345 e. The Morgan fingerprint density at radius 3 is 2.81 bits per heavy atom. The maximum absolute atomic E-state index is 11.0. The van der Waals surface area contributed by atoms with Crippen LogP contribution in [0.4, 0.5) is 0 Å². The molecule has 4 nitrogen and oxygen atoms in total. The molecule has 1 N–H and O–H groups in total. The molecule has 1 heterocycles. The van der Waals surface area contributed by atoms with Gasteiger partial charge in [0.05, 0.1) is 10.4 Å². The minimum atomic E-state index is -0.985. The zero-order valence-corrected chi connectivity index (χ0v) is 10.8. The van der Waals surface area contributed by atoms with Crippen LogP contribution < -0.4 is 0 Å². The van der Waals surface area contributed by atoms with Gasteiger partial charge in [0.25, 0.3) is 0 Å². The first-order chi connectivity index (χ1) is 7.54. The Hall–Kier alpha value is -1.14. The van der Waals surface area contributed by atoms with Crippen LogP contribution >= 0.6 is 27.3 Å². The summed E-state index contributed by atoms with van der Waals surface area (Å²) in [4.78, 5) is 21.9. The van der Waals surface area contributed by atoms with Crippen molar-refractivity contribution < 1.29 is 19.4 Å². The number of halogens is 1. The summed E-state index contributed by atoms with van der Waals surface area (Å²) in [5, 5.41) is 8.76. The molecular formula is C10H9BrO4S. The minimum Gasteiger partial charge on any atom is -0.477 e. The minimum absolute atomic E-state index is 0.218. The largest absolute Gasteiger partial charge is 0.477 e. The van der Waals surface area contributed by atoms with Gasteiger partial charge in [-0.1, -0.05) is 0 Å². The van der Waals surface area contributed by atoms with Crippen LogP contribution in [0.5, 0.6) is 0 Å². The molecule has 0 aliphatic heterocycles. The van der Waals surface area contributed by atoms with E-state index in [1.807, 2.05) is 0 Å². The summed E-state index contributed by atoms with van der Waals surface area (Å²) in [7, 11) is 0. The number of aromatic carboxylic acids is 1. The Labute approximate surface area is 105 Å². The summed E-state index contributed by atoms with van der Waals surface area (Å²) < 4.78 is 5.38. The molecule has 0 atom stereocenters. The Kier molecular flexibility index (Phi) is 4.70. The highest BCUT2D eigenvalue weighted by molar-refractivity contribution is 9.11. The second-order valence-corrected chi connectivity index (χ2v) is 5.10. The molecule has 0 saturated carbocycles. The molecular weight excluding hydrogens is 296 g/mol. The van der Waals surface area contributed by atoms with Gasteiger partial charge in [-0.15, -0.1) is 11.3 Å². The molecule has 1 aromatic heterocycles. The maximum atomic E-state index is 11.0. The molecule has 0 fully saturated rings. The van der Waals surface area contributed by atoms with Crippen LogP contribution in [0.3, 0.4) is 0 Å². The second kappa shape index (κ2) is 5.81. The van der Waals surface area contributed by atoms with Crippen LogP contribution in [0.2, 0.25) is 0 Å². The Bertz CT molecular complexity index is 436. The molecule has 0 aliphatic carbocycles. The van der Waals surface area contributed by atoms with Gasteiger partial charge in [0.15, 0.2) is 0 Å². The fourth-order valence-corrected chi connectivity index (χ4v) is 2.43. The van der Waals surface area contributed by atoms with Gasteiger partial charge in [-0.25, -0.2) is 9.59 Å². The predicted molar refractivity (Wildman–Crippen MR) is 64.6 cm³/mol. The van der Waals surface area contributed by atoms with Gasteiger partial charge in [-0.2, -0.15) is 0 Å². The standard InChI is InChI=1S/C10H9BrO4S/c1-2-15-8(12)4-3-6-5-7(10(13)14)16-9(6)11/h3-5H,2H2,1H3,(H,13,14). The third-order valence-corrected chi connectivity index (χ3v) is 3.48. The first-order valence-corrected chi connectivity index (χ1v) is 6.03. The van der Waals surface area contributed by atoms with E-state index in [-0.39, 0.29) is 4.88 Å². The molecule has 16 heavy (non-hydrogen) atoms. The number of carbonyl (C=O) groups excluding carboxylic acids is 1. The molecule has 1 aromatic rings. The van der Waals surface area contributed by atoms with Gasteiger partial charge in [0.2, 0.25) is 0 Å². The number of carbonyl (C=O) groups is 2. The Morgan fingerprint density at radius 1 is 1.62 bits per heavy atom. The second-order valence-electron chi connectivity index (χ2n) is 2.73. The SMILES string of the molecule is CCOC(=O)C=Cc1cc(C(=O)O)sc1Br. The molecule has 0 spiro atoms. The molecule has 0 aromatic carbocycles. The van der Waals surface area contributed by atoms with Crippen molar-refractivity contribution in [1.82, 2.24) is 0 Å². The van der Waals surface area contributed by atoms with E-state index in [4.69, 9.17) is 9.84 Å². The van der Waals surface area contributed by atoms with E-state index in [2.05, 4.69) is 15.9 Å². The lowest BCUT2D eigenvalue weighted by molar-refractivity contribution is -0.137. The van der Waals surface area contributed by atoms with Gasteiger partial charge in [-0.3, -0.25) is 0 Å². The fraction of sp³-hybridized carbons (Fsp3) is 0.200. The number of carboxylic acid groups (broad SMARTS) is 1. The van der Waals surface area contributed by atoms with Crippen molar-refractivity contribution in [3.05, 3.63) is 26.4 Å². The topological polar surface area (TPSA) is 63.6 Å². The van der Waals surface area contributed by atoms with Crippen molar-refractivity contribution in [3.8, 4) is 0 Å². The quantitative estimate of drug-likeness (QED) is 0.686. The molecule has 0 amide bonds. The predicted octanol–water partition coefficient (Wildman–Crippen LogP) is 2.79. The molecule has 0 aliphatic rings. The number of thiophene rings is 1. The number of esters is 1. The first-order valence-electron chi connectivity index (χ1n) is 4.42. The highest BCUT2D eigenvalue weighted by atomic mass is 79.9. The monoisotopic (exact) mass is 304 g/mol. The van der Waals surface area contributed by atoms with Crippen molar-refractivity contribution in [2.75, 3.05) is 6.61 Å². The van der Waals surface area contributed by atoms with Crippen LogP contribution in [0.1, 0.15) is 22.2 Å². The van der Waals surface area contributed by atoms with Crippen LogP contribution in [-0.4, -0.2) is 23.7 Å². The van der Waals surface area contributed by atoms with Crippen molar-refractivity contribution in [2.45, 2.75) is 6.92 Å². The lowest BCUT2D eigenvalue weighted by Crippen LogP contribution is -1.98. The summed E-state index contributed by atoms with van der Waals surface area (Å²) >= 11 is 4.33. The lowest BCUT2D eigenvalue weighted by Gasteiger charge is -1.93. The molecule has 0 radical (unpaired) electrons. The summed E-state index contributed by atoms with van der Waals surface area (Å²) in [5.41, 5.74) is 0.649. The van der Waals surface area contributed by atoms with Gasteiger partial charge >= 0.3 is 11.9 Å². The zero-order valence-electron chi connectivity index (χ0n) is 8.40. The number of ether oxygens (including phenoxy) is 1. The first kappa shape index (κ1) is 12.9. The normalized spacial score (nSPS) is 10.6. The molecule has 86 valence electrons. The smallest absolute Gasteiger partial charge is 0.345 e. The average Bonchev–Trinajstić information content (AvgIpc) is 2.58. The van der Waals surface area contributed by atoms with E-state index in [0.29, 0.717) is 16.0 Å². The van der Waals surface area contributed by atoms with E-state index in [9.17, 15) is 9.59 Å².